The van der Waals surface area contributed by atoms with Crippen LogP contribution in [0.2, 0.25) is 0 Å². The van der Waals surface area contributed by atoms with Crippen LogP contribution in [0.1, 0.15) is 15.9 Å². The lowest BCUT2D eigenvalue weighted by Gasteiger charge is -2.07. The third kappa shape index (κ3) is 3.32. The molecular weight excluding hydrogens is 311 g/mol. The van der Waals surface area contributed by atoms with Crippen molar-refractivity contribution in [2.45, 2.75) is 6.54 Å². The zero-order valence-corrected chi connectivity index (χ0v) is 11.6. The summed E-state index contributed by atoms with van der Waals surface area (Å²) < 4.78 is 13.5. The first-order valence-electron chi connectivity index (χ1n) is 5.64. The van der Waals surface area contributed by atoms with Crippen LogP contribution in [0.5, 0.6) is 0 Å². The molecule has 98 valence electrons. The van der Waals surface area contributed by atoms with E-state index in [-0.39, 0.29) is 15.9 Å². The van der Waals surface area contributed by atoms with E-state index >= 15 is 0 Å². The van der Waals surface area contributed by atoms with E-state index in [0.717, 1.165) is 5.56 Å². The lowest BCUT2D eigenvalue weighted by atomic mass is 10.2. The van der Waals surface area contributed by atoms with Crippen molar-refractivity contribution in [2.24, 2.45) is 0 Å². The van der Waals surface area contributed by atoms with Gasteiger partial charge < -0.3 is 11.1 Å². The molecule has 2 aromatic carbocycles. The van der Waals surface area contributed by atoms with Crippen LogP contribution >= 0.6 is 15.9 Å². The molecule has 0 radical (unpaired) electrons. The molecule has 0 saturated heterocycles. The Morgan fingerprint density at radius 2 is 1.89 bits per heavy atom. The van der Waals surface area contributed by atoms with E-state index < -0.39 is 5.82 Å². The van der Waals surface area contributed by atoms with Crippen LogP contribution in [0.15, 0.2) is 46.9 Å². The van der Waals surface area contributed by atoms with Crippen LogP contribution in [-0.4, -0.2) is 5.91 Å². The molecule has 0 spiro atoms. The monoisotopic (exact) mass is 322 g/mol. The summed E-state index contributed by atoms with van der Waals surface area (Å²) in [6.07, 6.45) is 0. The highest BCUT2D eigenvalue weighted by Gasteiger charge is 2.12. The smallest absolute Gasteiger partial charge is 0.252 e. The molecule has 0 atom stereocenters. The van der Waals surface area contributed by atoms with Crippen molar-refractivity contribution in [3.05, 3.63) is 63.9 Å². The van der Waals surface area contributed by atoms with Gasteiger partial charge in [-0.15, -0.1) is 0 Å². The number of hydrogen-bond donors (Lipinski definition) is 2. The summed E-state index contributed by atoms with van der Waals surface area (Å²) in [6.45, 7) is 0.363. The van der Waals surface area contributed by atoms with Gasteiger partial charge in [-0.05, 0) is 45.8 Å². The average Bonchev–Trinajstić information content (AvgIpc) is 2.41. The maximum absolute atomic E-state index is 13.3. The minimum absolute atomic E-state index is 0.171. The topological polar surface area (TPSA) is 55.1 Å². The highest BCUT2D eigenvalue weighted by Crippen LogP contribution is 2.20. The van der Waals surface area contributed by atoms with Gasteiger partial charge in [0.2, 0.25) is 0 Å². The van der Waals surface area contributed by atoms with E-state index in [1.165, 1.54) is 12.1 Å². The van der Waals surface area contributed by atoms with Crippen molar-refractivity contribution in [3.8, 4) is 0 Å². The zero-order chi connectivity index (χ0) is 13.8. The molecule has 3 nitrogen and oxygen atoms in total. The first-order valence-corrected chi connectivity index (χ1v) is 6.44. The predicted molar refractivity (Wildman–Crippen MR) is 76.1 cm³/mol. The maximum atomic E-state index is 13.3. The SMILES string of the molecule is Nc1ccc(CNC(=O)c2cccc(F)c2Br)cc1. The molecule has 0 heterocycles. The van der Waals surface area contributed by atoms with E-state index in [1.807, 2.05) is 12.1 Å². The minimum atomic E-state index is -0.458. The molecule has 0 saturated carbocycles. The van der Waals surface area contributed by atoms with E-state index in [2.05, 4.69) is 21.2 Å². The summed E-state index contributed by atoms with van der Waals surface area (Å²) in [6, 6.07) is 11.5. The fourth-order valence-electron chi connectivity index (χ4n) is 1.59. The van der Waals surface area contributed by atoms with Gasteiger partial charge in [0.1, 0.15) is 5.82 Å². The molecule has 2 aromatic rings. The maximum Gasteiger partial charge on any atom is 0.252 e. The third-order valence-corrected chi connectivity index (χ3v) is 3.43. The molecule has 0 aliphatic rings. The largest absolute Gasteiger partial charge is 0.399 e. The van der Waals surface area contributed by atoms with E-state index in [1.54, 1.807) is 18.2 Å². The number of carbonyl (C=O) groups excluding carboxylic acids is 1. The Balaban J connectivity index is 2.05. The number of amides is 1. The molecule has 0 unspecified atom stereocenters. The number of halogens is 2. The fraction of sp³-hybridized carbons (Fsp3) is 0.0714. The number of hydrogen-bond acceptors (Lipinski definition) is 2. The van der Waals surface area contributed by atoms with E-state index in [4.69, 9.17) is 5.73 Å². The summed E-state index contributed by atoms with van der Waals surface area (Å²) in [4.78, 5) is 11.9. The molecule has 0 aliphatic heterocycles. The second-order valence-electron chi connectivity index (χ2n) is 4.03. The Bertz CT molecular complexity index is 599. The van der Waals surface area contributed by atoms with Crippen molar-refractivity contribution in [3.63, 3.8) is 0 Å². The highest BCUT2D eigenvalue weighted by atomic mass is 79.9. The Morgan fingerprint density at radius 3 is 2.58 bits per heavy atom. The second kappa shape index (κ2) is 5.84. The number of nitrogen functional groups attached to an aromatic ring is 1. The van der Waals surface area contributed by atoms with Crippen molar-refractivity contribution in [1.82, 2.24) is 5.32 Å². The van der Waals surface area contributed by atoms with Gasteiger partial charge in [-0.25, -0.2) is 4.39 Å². The number of rotatable bonds is 3. The Kier molecular flexibility index (Phi) is 4.16. The zero-order valence-electron chi connectivity index (χ0n) is 9.99. The van der Waals surface area contributed by atoms with Crippen LogP contribution < -0.4 is 11.1 Å². The molecule has 0 fully saturated rings. The third-order valence-electron chi connectivity index (χ3n) is 2.63. The number of nitrogens with one attached hydrogen (secondary N) is 1. The molecule has 3 N–H and O–H groups in total. The van der Waals surface area contributed by atoms with Gasteiger partial charge in [0.25, 0.3) is 5.91 Å². The first-order chi connectivity index (χ1) is 9.08. The number of nitrogens with two attached hydrogens (primary N) is 1. The Labute approximate surface area is 118 Å². The molecule has 0 aromatic heterocycles. The number of anilines is 1. The van der Waals surface area contributed by atoms with Gasteiger partial charge in [0.05, 0.1) is 10.0 Å². The summed E-state index contributed by atoms with van der Waals surface area (Å²) in [7, 11) is 0. The standard InChI is InChI=1S/C14H12BrFN2O/c15-13-11(2-1-3-12(13)16)14(19)18-8-9-4-6-10(17)7-5-9/h1-7H,8,17H2,(H,18,19). The summed E-state index contributed by atoms with van der Waals surface area (Å²) in [5, 5.41) is 2.73. The molecule has 0 bridgehead atoms. The van der Waals surface area contributed by atoms with Crippen LogP contribution in [0, 0.1) is 5.82 Å². The molecule has 2 rings (SSSR count). The number of carbonyl (C=O) groups is 1. The average molecular weight is 323 g/mol. The van der Waals surface area contributed by atoms with E-state index in [0.29, 0.717) is 12.2 Å². The fourth-order valence-corrected chi connectivity index (χ4v) is 2.04. The van der Waals surface area contributed by atoms with Gasteiger partial charge in [0, 0.05) is 12.2 Å². The van der Waals surface area contributed by atoms with Crippen molar-refractivity contribution in [1.29, 1.82) is 0 Å². The lowest BCUT2D eigenvalue weighted by Crippen LogP contribution is -2.23. The molecule has 19 heavy (non-hydrogen) atoms. The van der Waals surface area contributed by atoms with Crippen molar-refractivity contribution < 1.29 is 9.18 Å². The van der Waals surface area contributed by atoms with Gasteiger partial charge in [-0.2, -0.15) is 0 Å². The quantitative estimate of drug-likeness (QED) is 0.853. The van der Waals surface area contributed by atoms with Gasteiger partial charge in [-0.1, -0.05) is 18.2 Å². The second-order valence-corrected chi connectivity index (χ2v) is 4.82. The summed E-state index contributed by atoms with van der Waals surface area (Å²) in [5.74, 6) is -0.789. The van der Waals surface area contributed by atoms with Crippen molar-refractivity contribution in [2.75, 3.05) is 5.73 Å². The van der Waals surface area contributed by atoms with E-state index in [9.17, 15) is 9.18 Å². The van der Waals surface area contributed by atoms with Gasteiger partial charge in [-0.3, -0.25) is 4.79 Å². The first kappa shape index (κ1) is 13.5. The van der Waals surface area contributed by atoms with Crippen molar-refractivity contribution >= 4 is 27.5 Å². The Morgan fingerprint density at radius 1 is 1.21 bits per heavy atom. The minimum Gasteiger partial charge on any atom is -0.399 e. The summed E-state index contributed by atoms with van der Waals surface area (Å²) in [5.41, 5.74) is 7.44. The molecule has 1 amide bonds. The number of benzene rings is 2. The molecule has 5 heteroatoms. The van der Waals surface area contributed by atoms with Crippen LogP contribution in [0.25, 0.3) is 0 Å². The highest BCUT2D eigenvalue weighted by molar-refractivity contribution is 9.10. The van der Waals surface area contributed by atoms with Crippen LogP contribution in [-0.2, 0) is 6.54 Å². The summed E-state index contributed by atoms with van der Waals surface area (Å²) >= 11 is 3.06. The lowest BCUT2D eigenvalue weighted by molar-refractivity contribution is 0.0949. The van der Waals surface area contributed by atoms with Crippen LogP contribution in [0.4, 0.5) is 10.1 Å². The normalized spacial score (nSPS) is 10.2. The Hall–Kier alpha value is -1.88. The van der Waals surface area contributed by atoms with Gasteiger partial charge >= 0.3 is 0 Å². The van der Waals surface area contributed by atoms with Gasteiger partial charge in [0.15, 0.2) is 0 Å². The van der Waals surface area contributed by atoms with Crippen LogP contribution in [0.3, 0.4) is 0 Å². The predicted octanol–water partition coefficient (Wildman–Crippen LogP) is 3.10. The molecular formula is C14H12BrFN2O. The molecule has 0 aliphatic carbocycles.